The van der Waals surface area contributed by atoms with Crippen LogP contribution < -0.4 is 0 Å². The molecule has 3 aliphatic rings. The molecule has 0 radical (unpaired) electrons. The van der Waals surface area contributed by atoms with E-state index in [9.17, 15) is 74.9 Å². The van der Waals surface area contributed by atoms with Crippen LogP contribution in [0, 0.1) is 5.92 Å². The molecular formula is C76H141O24P. The molecule has 0 amide bonds. The predicted molar refractivity (Wildman–Crippen MR) is 384 cm³/mol. The summed E-state index contributed by atoms with van der Waals surface area (Å²) in [4.78, 5) is 51.2. The maximum Gasteiger partial charge on any atom is 0.472 e. The molecule has 101 heavy (non-hydrogen) atoms. The first-order valence-electron chi connectivity index (χ1n) is 39.9. The molecule has 2 saturated heterocycles. The molecule has 0 aromatic carbocycles. The molecule has 19 unspecified atom stereocenters. The molecule has 0 aromatic heterocycles. The number of rotatable bonds is 62. The lowest BCUT2D eigenvalue weighted by atomic mass is 9.84. The topological polar surface area (TPSA) is 374 Å². The number of phosphoric ester groups is 1. The van der Waals surface area contributed by atoms with E-state index in [-0.39, 0.29) is 19.3 Å². The summed E-state index contributed by atoms with van der Waals surface area (Å²) >= 11 is 0. The van der Waals surface area contributed by atoms with Gasteiger partial charge in [-0.2, -0.15) is 0 Å². The number of ether oxygens (including phenoxy) is 7. The third kappa shape index (κ3) is 39.9. The van der Waals surface area contributed by atoms with Gasteiger partial charge in [-0.15, -0.1) is 0 Å². The van der Waals surface area contributed by atoms with Gasteiger partial charge in [0.25, 0.3) is 0 Å². The molecule has 1 aliphatic carbocycles. The van der Waals surface area contributed by atoms with Gasteiger partial charge in [0.2, 0.25) is 0 Å². The molecule has 3 fully saturated rings. The third-order valence-corrected chi connectivity index (χ3v) is 20.9. The van der Waals surface area contributed by atoms with Gasteiger partial charge in [0.15, 0.2) is 18.7 Å². The number of allylic oxidation sites excluding steroid dienone is 2. The van der Waals surface area contributed by atoms with Gasteiger partial charge >= 0.3 is 25.7 Å². The summed E-state index contributed by atoms with van der Waals surface area (Å²) in [7, 11) is -5.70. The SMILES string of the molecule is CCCCCCCC/C=C\CCCCCC(=O)OCC1OC(OC2C(O)C(O)C(O)C(OC3OC(CO)C(O)C(O)C3O)C2OP(=O)(O)OCC(COC(=O)CCCCCCCCCCCCCCCCCCC)OC(=O)CCCCCCCCC(C)CCCCCCCC)C(O)C(O)C1O. The number of hydrogen-bond acceptors (Lipinski definition) is 23. The van der Waals surface area contributed by atoms with E-state index in [0.29, 0.717) is 25.2 Å². The Labute approximate surface area is 605 Å². The van der Waals surface area contributed by atoms with E-state index in [1.54, 1.807) is 0 Å². The number of aliphatic hydroxyl groups is 10. The van der Waals surface area contributed by atoms with E-state index < -0.39 is 156 Å². The molecule has 2 heterocycles. The summed E-state index contributed by atoms with van der Waals surface area (Å²) in [5.41, 5.74) is 0. The average Bonchev–Trinajstić information content (AvgIpc) is 0.761. The highest BCUT2D eigenvalue weighted by molar-refractivity contribution is 7.47. The zero-order valence-electron chi connectivity index (χ0n) is 62.4. The number of phosphoric acid groups is 1. The molecule has 0 aromatic rings. The maximum atomic E-state index is 14.4. The number of hydrogen-bond donors (Lipinski definition) is 11. The normalized spacial score (nSPS) is 27.5. The molecular weight excluding hydrogens is 1330 g/mol. The minimum Gasteiger partial charge on any atom is -0.463 e. The van der Waals surface area contributed by atoms with E-state index in [1.807, 2.05) is 0 Å². The highest BCUT2D eigenvalue weighted by Crippen LogP contribution is 2.49. The number of aliphatic hydroxyl groups excluding tert-OH is 10. The van der Waals surface area contributed by atoms with Crippen LogP contribution >= 0.6 is 7.82 Å². The van der Waals surface area contributed by atoms with Crippen LogP contribution in [0.25, 0.3) is 0 Å². The highest BCUT2D eigenvalue weighted by Gasteiger charge is 2.58. The highest BCUT2D eigenvalue weighted by atomic mass is 31.2. The first-order valence-corrected chi connectivity index (χ1v) is 41.4. The molecule has 3 rings (SSSR count). The lowest BCUT2D eigenvalue weighted by Gasteiger charge is -2.49. The number of carbonyl (C=O) groups is 3. The van der Waals surface area contributed by atoms with Crippen LogP contribution in [0.3, 0.4) is 0 Å². The second-order valence-corrected chi connectivity index (χ2v) is 30.5. The zero-order chi connectivity index (χ0) is 74.1. The van der Waals surface area contributed by atoms with Gasteiger partial charge in [-0.1, -0.05) is 265 Å². The third-order valence-electron chi connectivity index (χ3n) is 19.9. The fourth-order valence-corrected chi connectivity index (χ4v) is 14.3. The van der Waals surface area contributed by atoms with Crippen LogP contribution in [0.1, 0.15) is 317 Å². The Morgan fingerprint density at radius 3 is 1.18 bits per heavy atom. The number of esters is 3. The summed E-state index contributed by atoms with van der Waals surface area (Å²) in [6.07, 6.45) is 15.5. The van der Waals surface area contributed by atoms with Crippen molar-refractivity contribution in [2.75, 3.05) is 26.4 Å². The van der Waals surface area contributed by atoms with Crippen LogP contribution in [0.2, 0.25) is 0 Å². The summed E-state index contributed by atoms with van der Waals surface area (Å²) in [6.45, 7) is 5.78. The van der Waals surface area contributed by atoms with E-state index in [0.717, 1.165) is 89.9 Å². The van der Waals surface area contributed by atoms with Crippen LogP contribution in [0.15, 0.2) is 12.2 Å². The second-order valence-electron chi connectivity index (χ2n) is 29.1. The van der Waals surface area contributed by atoms with Gasteiger partial charge < -0.3 is 89.1 Å². The Balaban J connectivity index is 1.72. The van der Waals surface area contributed by atoms with Crippen molar-refractivity contribution >= 4 is 25.7 Å². The first kappa shape index (κ1) is 92.9. The molecule has 24 nitrogen and oxygen atoms in total. The summed E-state index contributed by atoms with van der Waals surface area (Å²) < 4.78 is 65.2. The maximum absolute atomic E-state index is 14.4. The van der Waals surface area contributed by atoms with Crippen LogP contribution in [-0.4, -0.2) is 204 Å². The van der Waals surface area contributed by atoms with Crippen LogP contribution in [0.5, 0.6) is 0 Å². The van der Waals surface area contributed by atoms with Crippen molar-refractivity contribution < 1.29 is 117 Å². The molecule has 11 N–H and O–H groups in total. The smallest absolute Gasteiger partial charge is 0.463 e. The fourth-order valence-electron chi connectivity index (χ4n) is 13.4. The van der Waals surface area contributed by atoms with E-state index in [1.165, 1.54) is 161 Å². The largest absolute Gasteiger partial charge is 0.472 e. The van der Waals surface area contributed by atoms with Crippen molar-refractivity contribution in [2.45, 2.75) is 421 Å². The Morgan fingerprint density at radius 1 is 0.406 bits per heavy atom. The lowest BCUT2D eigenvalue weighted by Crippen LogP contribution is -2.69. The summed E-state index contributed by atoms with van der Waals surface area (Å²) in [5.74, 6) is -1.31. The Kier molecular flexibility index (Phi) is 52.4. The van der Waals surface area contributed by atoms with Crippen LogP contribution in [-0.2, 0) is 61.2 Å². The predicted octanol–water partition coefficient (Wildman–Crippen LogP) is 11.8. The quantitative estimate of drug-likeness (QED) is 0.00886. The zero-order valence-corrected chi connectivity index (χ0v) is 63.3. The van der Waals surface area contributed by atoms with Crippen molar-refractivity contribution in [1.29, 1.82) is 0 Å². The monoisotopic (exact) mass is 1470 g/mol. The first-order chi connectivity index (χ1) is 48.7. The van der Waals surface area contributed by atoms with Crippen LogP contribution in [0.4, 0.5) is 0 Å². The van der Waals surface area contributed by atoms with Gasteiger partial charge in [-0.3, -0.25) is 23.4 Å². The van der Waals surface area contributed by atoms with Gasteiger partial charge in [0.05, 0.1) is 13.2 Å². The van der Waals surface area contributed by atoms with Crippen molar-refractivity contribution in [1.82, 2.24) is 0 Å². The van der Waals surface area contributed by atoms with Gasteiger partial charge in [0.1, 0.15) is 98.7 Å². The lowest BCUT2D eigenvalue weighted by molar-refractivity contribution is -0.360. The van der Waals surface area contributed by atoms with Crippen molar-refractivity contribution in [3.63, 3.8) is 0 Å². The van der Waals surface area contributed by atoms with Gasteiger partial charge in [-0.05, 0) is 50.9 Å². The second kappa shape index (κ2) is 56.9. The Morgan fingerprint density at radius 2 is 0.752 bits per heavy atom. The van der Waals surface area contributed by atoms with Crippen molar-refractivity contribution in [3.05, 3.63) is 12.2 Å². The summed E-state index contributed by atoms with van der Waals surface area (Å²) in [5, 5.41) is 110. The van der Waals surface area contributed by atoms with Crippen molar-refractivity contribution in [2.24, 2.45) is 5.92 Å². The minimum absolute atomic E-state index is 0.00903. The van der Waals surface area contributed by atoms with Gasteiger partial charge in [0, 0.05) is 19.3 Å². The molecule has 1 saturated carbocycles. The average molecular weight is 1470 g/mol. The van der Waals surface area contributed by atoms with E-state index in [2.05, 4.69) is 39.8 Å². The molecule has 0 spiro atoms. The van der Waals surface area contributed by atoms with Crippen molar-refractivity contribution in [3.8, 4) is 0 Å². The minimum atomic E-state index is -5.70. The van der Waals surface area contributed by atoms with E-state index in [4.69, 9.17) is 42.2 Å². The number of carbonyl (C=O) groups excluding carboxylic acids is 3. The standard InChI is InChI=1S/C76H141O24P/c1-5-8-11-14-17-19-21-23-24-25-26-28-30-31-33-39-44-49-60(78)92-53-57(95-62(80)51-46-41-36-35-38-43-48-56(4)47-42-37-16-13-10-7-3)54-94-101(90,91)100-74-72(98-75-70(88)65(83)63(81)58(52-77)96-75)68(86)67(85)69(87)73(74)99-76-71(89)66(84)64(82)59(97-76)55-93-61(79)50-45-40-34-32-29-27-22-20-18-15-12-9-6-2/h27,29,56-59,63-77,81-89H,5-26,28,30-55H2,1-4H3,(H,90,91)/b29-27-. The molecule has 594 valence electrons. The summed E-state index contributed by atoms with van der Waals surface area (Å²) in [6, 6.07) is 0. The fraction of sp³-hybridized carbons (Fsp3) is 0.934. The molecule has 25 heteroatoms. The molecule has 2 aliphatic heterocycles. The van der Waals surface area contributed by atoms with E-state index >= 15 is 0 Å². The Hall–Kier alpha value is -2.30. The molecule has 19 atom stereocenters. The molecule has 0 bridgehead atoms. The Bertz CT molecular complexity index is 2150. The van der Waals surface area contributed by atoms with Gasteiger partial charge in [-0.25, -0.2) is 4.57 Å². The number of unbranched alkanes of at least 4 members (excludes halogenated alkanes) is 35.